The summed E-state index contributed by atoms with van der Waals surface area (Å²) in [5.74, 6) is 1.62. The van der Waals surface area contributed by atoms with E-state index in [0.29, 0.717) is 18.6 Å². The molecule has 1 aliphatic heterocycles. The molecule has 0 amide bonds. The Morgan fingerprint density at radius 2 is 2.05 bits per heavy atom. The van der Waals surface area contributed by atoms with Crippen molar-refractivity contribution in [2.24, 2.45) is 5.41 Å². The third kappa shape index (κ3) is 3.10. The number of ether oxygens (including phenoxy) is 2. The van der Waals surface area contributed by atoms with Gasteiger partial charge in [-0.25, -0.2) is 0 Å². The van der Waals surface area contributed by atoms with Crippen LogP contribution in [-0.2, 0) is 6.54 Å². The van der Waals surface area contributed by atoms with Gasteiger partial charge in [0.05, 0.1) is 4.47 Å². The minimum atomic E-state index is 0.289. The highest BCUT2D eigenvalue weighted by Gasteiger charge is 2.41. The predicted molar refractivity (Wildman–Crippen MR) is 80.2 cm³/mol. The lowest BCUT2D eigenvalue weighted by atomic mass is 10.0. The number of hydrogen-bond donors (Lipinski definition) is 2. The van der Waals surface area contributed by atoms with Crippen molar-refractivity contribution < 1.29 is 14.6 Å². The molecule has 0 saturated heterocycles. The molecule has 20 heavy (non-hydrogen) atoms. The third-order valence-corrected chi connectivity index (χ3v) is 4.67. The zero-order chi connectivity index (χ0) is 14.0. The van der Waals surface area contributed by atoms with Gasteiger partial charge in [0.15, 0.2) is 11.5 Å². The van der Waals surface area contributed by atoms with Crippen LogP contribution in [0.25, 0.3) is 0 Å². The number of benzene rings is 1. The van der Waals surface area contributed by atoms with Crippen LogP contribution in [0.5, 0.6) is 11.5 Å². The van der Waals surface area contributed by atoms with Crippen molar-refractivity contribution >= 4 is 15.9 Å². The van der Waals surface area contributed by atoms with Crippen molar-refractivity contribution in [1.82, 2.24) is 5.32 Å². The van der Waals surface area contributed by atoms with E-state index in [1.165, 1.54) is 18.4 Å². The Bertz CT molecular complexity index is 488. The molecule has 0 aromatic heterocycles. The number of rotatable bonds is 6. The van der Waals surface area contributed by atoms with E-state index in [9.17, 15) is 0 Å². The summed E-state index contributed by atoms with van der Waals surface area (Å²) in [6.07, 6.45) is 3.36. The molecule has 110 valence electrons. The zero-order valence-electron chi connectivity index (χ0n) is 11.5. The van der Waals surface area contributed by atoms with Crippen LogP contribution in [-0.4, -0.2) is 31.5 Å². The fraction of sp³-hybridized carbons (Fsp3) is 0.600. The highest BCUT2D eigenvalue weighted by molar-refractivity contribution is 9.10. The molecule has 1 heterocycles. The van der Waals surface area contributed by atoms with Gasteiger partial charge >= 0.3 is 0 Å². The molecular weight excluding hydrogens is 322 g/mol. The Morgan fingerprint density at radius 3 is 2.80 bits per heavy atom. The minimum absolute atomic E-state index is 0.289. The standard InChI is InChI=1S/C15H20BrNO3/c16-12-7-11(8-13-14(12)20-6-5-19-13)9-17-10-15(1-2-15)3-4-18/h7-8,17-18H,1-6,9-10H2. The van der Waals surface area contributed by atoms with Crippen molar-refractivity contribution in [2.45, 2.75) is 25.8 Å². The summed E-state index contributed by atoms with van der Waals surface area (Å²) in [4.78, 5) is 0. The van der Waals surface area contributed by atoms with Crippen molar-refractivity contribution in [2.75, 3.05) is 26.4 Å². The van der Waals surface area contributed by atoms with Crippen LogP contribution >= 0.6 is 15.9 Å². The van der Waals surface area contributed by atoms with Gasteiger partial charge in [-0.05, 0) is 58.3 Å². The Balaban J connectivity index is 1.59. The summed E-state index contributed by atoms with van der Waals surface area (Å²) >= 11 is 3.54. The molecule has 1 saturated carbocycles. The molecule has 5 heteroatoms. The molecule has 2 N–H and O–H groups in total. The molecule has 1 aromatic carbocycles. The van der Waals surface area contributed by atoms with Gasteiger partial charge in [0.25, 0.3) is 0 Å². The summed E-state index contributed by atoms with van der Waals surface area (Å²) in [7, 11) is 0. The lowest BCUT2D eigenvalue weighted by Crippen LogP contribution is -2.24. The first-order valence-electron chi connectivity index (χ1n) is 7.12. The third-order valence-electron chi connectivity index (χ3n) is 4.08. The maximum atomic E-state index is 9.06. The van der Waals surface area contributed by atoms with Crippen LogP contribution in [0.3, 0.4) is 0 Å². The number of hydrogen-bond acceptors (Lipinski definition) is 4. The molecule has 0 bridgehead atoms. The van der Waals surface area contributed by atoms with Gasteiger partial charge in [0.2, 0.25) is 0 Å². The average Bonchev–Trinajstić information content (AvgIpc) is 3.19. The molecule has 1 fully saturated rings. The van der Waals surface area contributed by atoms with Crippen LogP contribution in [0.2, 0.25) is 0 Å². The molecule has 0 spiro atoms. The maximum Gasteiger partial charge on any atom is 0.175 e. The normalized spacial score (nSPS) is 18.9. The Morgan fingerprint density at radius 1 is 1.25 bits per heavy atom. The molecule has 1 aromatic rings. The quantitative estimate of drug-likeness (QED) is 0.834. The second-order valence-electron chi connectivity index (χ2n) is 5.68. The summed E-state index contributed by atoms with van der Waals surface area (Å²) in [6, 6.07) is 4.12. The summed E-state index contributed by atoms with van der Waals surface area (Å²) < 4.78 is 12.2. The van der Waals surface area contributed by atoms with Gasteiger partial charge in [-0.2, -0.15) is 0 Å². The van der Waals surface area contributed by atoms with E-state index in [-0.39, 0.29) is 6.61 Å². The van der Waals surface area contributed by atoms with Crippen LogP contribution < -0.4 is 14.8 Å². The molecule has 0 atom stereocenters. The highest BCUT2D eigenvalue weighted by atomic mass is 79.9. The van der Waals surface area contributed by atoms with E-state index in [0.717, 1.165) is 35.5 Å². The SMILES string of the molecule is OCCC1(CNCc2cc(Br)c3c(c2)OCCO3)CC1. The van der Waals surface area contributed by atoms with Crippen LogP contribution in [0.1, 0.15) is 24.8 Å². The van der Waals surface area contributed by atoms with Gasteiger partial charge in [-0.1, -0.05) is 0 Å². The first kappa shape index (κ1) is 14.2. The van der Waals surface area contributed by atoms with E-state index >= 15 is 0 Å². The number of halogens is 1. The molecular formula is C15H20BrNO3. The van der Waals surface area contributed by atoms with Crippen molar-refractivity contribution in [1.29, 1.82) is 0 Å². The zero-order valence-corrected chi connectivity index (χ0v) is 13.0. The number of aliphatic hydroxyl groups is 1. The van der Waals surface area contributed by atoms with Crippen LogP contribution in [0.15, 0.2) is 16.6 Å². The van der Waals surface area contributed by atoms with Crippen LogP contribution in [0.4, 0.5) is 0 Å². The molecule has 0 unspecified atom stereocenters. The van der Waals surface area contributed by atoms with Crippen LogP contribution in [0, 0.1) is 5.41 Å². The monoisotopic (exact) mass is 341 g/mol. The largest absolute Gasteiger partial charge is 0.486 e. The van der Waals surface area contributed by atoms with E-state index in [2.05, 4.69) is 27.3 Å². The second-order valence-corrected chi connectivity index (χ2v) is 6.53. The predicted octanol–water partition coefficient (Wildman–Crippen LogP) is 2.47. The maximum absolute atomic E-state index is 9.06. The Hall–Kier alpha value is -0.780. The first-order valence-corrected chi connectivity index (χ1v) is 7.91. The fourth-order valence-electron chi connectivity index (χ4n) is 2.67. The van der Waals surface area contributed by atoms with Gasteiger partial charge in [0, 0.05) is 19.7 Å². The lowest BCUT2D eigenvalue weighted by molar-refractivity contribution is 0.170. The van der Waals surface area contributed by atoms with Gasteiger partial charge in [0.1, 0.15) is 13.2 Å². The van der Waals surface area contributed by atoms with Crippen molar-refractivity contribution in [3.63, 3.8) is 0 Å². The highest BCUT2D eigenvalue weighted by Crippen LogP contribution is 2.48. The molecule has 4 nitrogen and oxygen atoms in total. The van der Waals surface area contributed by atoms with Gasteiger partial charge < -0.3 is 19.9 Å². The summed E-state index contributed by atoms with van der Waals surface area (Å²) in [6.45, 7) is 3.28. The second kappa shape index (κ2) is 5.92. The Kier molecular flexibility index (Phi) is 4.19. The minimum Gasteiger partial charge on any atom is -0.486 e. The molecule has 3 rings (SSSR count). The fourth-order valence-corrected chi connectivity index (χ4v) is 3.27. The van der Waals surface area contributed by atoms with Gasteiger partial charge in [-0.3, -0.25) is 0 Å². The van der Waals surface area contributed by atoms with E-state index in [4.69, 9.17) is 14.6 Å². The topological polar surface area (TPSA) is 50.7 Å². The lowest BCUT2D eigenvalue weighted by Gasteiger charge is -2.21. The number of nitrogens with one attached hydrogen (secondary N) is 1. The molecule has 2 aliphatic rings. The summed E-state index contributed by atoms with van der Waals surface area (Å²) in [5.41, 5.74) is 1.53. The van der Waals surface area contributed by atoms with Crippen molar-refractivity contribution in [3.05, 3.63) is 22.2 Å². The Labute approximate surface area is 127 Å². The number of fused-ring (bicyclic) bond motifs is 1. The van der Waals surface area contributed by atoms with E-state index < -0.39 is 0 Å². The number of aliphatic hydroxyl groups excluding tert-OH is 1. The van der Waals surface area contributed by atoms with E-state index in [1.807, 2.05) is 6.07 Å². The van der Waals surface area contributed by atoms with E-state index in [1.54, 1.807) is 0 Å². The molecule has 0 radical (unpaired) electrons. The first-order chi connectivity index (χ1) is 9.72. The van der Waals surface area contributed by atoms with Crippen molar-refractivity contribution in [3.8, 4) is 11.5 Å². The average molecular weight is 342 g/mol. The summed E-state index contributed by atoms with van der Waals surface area (Å²) in [5, 5.41) is 12.6. The smallest absolute Gasteiger partial charge is 0.175 e. The van der Waals surface area contributed by atoms with Gasteiger partial charge in [-0.15, -0.1) is 0 Å². The molecule has 1 aliphatic carbocycles.